The van der Waals surface area contributed by atoms with Crippen LogP contribution in [0.4, 0.5) is 0 Å². The Morgan fingerprint density at radius 3 is 2.91 bits per heavy atom. The molecular formula is C17H18ClNO4. The van der Waals surface area contributed by atoms with E-state index in [1.807, 2.05) is 25.1 Å². The molecule has 5 nitrogen and oxygen atoms in total. The minimum atomic E-state index is -0.288. The molecule has 122 valence electrons. The molecule has 1 fully saturated rings. The molecule has 0 aliphatic carbocycles. The van der Waals surface area contributed by atoms with Crippen molar-refractivity contribution in [2.24, 2.45) is 0 Å². The molecular weight excluding hydrogens is 318 g/mol. The van der Waals surface area contributed by atoms with Gasteiger partial charge in [-0.1, -0.05) is 23.7 Å². The Bertz CT molecular complexity index is 685. The molecule has 0 radical (unpaired) electrons. The fourth-order valence-corrected chi connectivity index (χ4v) is 2.78. The van der Waals surface area contributed by atoms with E-state index in [0.29, 0.717) is 30.6 Å². The SMILES string of the molecule is CCO[C@H]1COC[C@@H]1NC(=O)c1ccc(-c2ccccc2Cl)o1. The lowest BCUT2D eigenvalue weighted by Gasteiger charge is -2.18. The molecule has 1 saturated heterocycles. The molecule has 0 saturated carbocycles. The maximum absolute atomic E-state index is 12.3. The summed E-state index contributed by atoms with van der Waals surface area (Å²) >= 11 is 6.15. The van der Waals surface area contributed by atoms with Crippen LogP contribution in [-0.2, 0) is 9.47 Å². The highest BCUT2D eigenvalue weighted by Gasteiger charge is 2.31. The number of amides is 1. The van der Waals surface area contributed by atoms with E-state index in [1.165, 1.54) is 0 Å². The molecule has 1 aliphatic heterocycles. The summed E-state index contributed by atoms with van der Waals surface area (Å²) in [6.45, 7) is 3.42. The van der Waals surface area contributed by atoms with Gasteiger partial charge >= 0.3 is 0 Å². The molecule has 23 heavy (non-hydrogen) atoms. The number of halogens is 1. The maximum atomic E-state index is 12.3. The van der Waals surface area contributed by atoms with Gasteiger partial charge in [-0.25, -0.2) is 0 Å². The van der Waals surface area contributed by atoms with Crippen molar-refractivity contribution in [3.63, 3.8) is 0 Å². The van der Waals surface area contributed by atoms with Crippen LogP contribution >= 0.6 is 11.6 Å². The zero-order valence-corrected chi connectivity index (χ0v) is 13.5. The van der Waals surface area contributed by atoms with E-state index >= 15 is 0 Å². The molecule has 1 N–H and O–H groups in total. The lowest BCUT2D eigenvalue weighted by Crippen LogP contribution is -2.43. The fourth-order valence-electron chi connectivity index (χ4n) is 2.55. The van der Waals surface area contributed by atoms with Crippen molar-refractivity contribution in [3.8, 4) is 11.3 Å². The second-order valence-electron chi connectivity index (χ2n) is 5.25. The highest BCUT2D eigenvalue weighted by Crippen LogP contribution is 2.29. The van der Waals surface area contributed by atoms with E-state index in [4.69, 9.17) is 25.5 Å². The summed E-state index contributed by atoms with van der Waals surface area (Å²) in [5.74, 6) is 0.510. The predicted molar refractivity (Wildman–Crippen MR) is 86.6 cm³/mol. The monoisotopic (exact) mass is 335 g/mol. The van der Waals surface area contributed by atoms with Gasteiger partial charge in [0.2, 0.25) is 0 Å². The Morgan fingerprint density at radius 2 is 2.13 bits per heavy atom. The van der Waals surface area contributed by atoms with E-state index in [9.17, 15) is 4.79 Å². The average molecular weight is 336 g/mol. The number of benzene rings is 1. The van der Waals surface area contributed by atoms with Crippen molar-refractivity contribution < 1.29 is 18.7 Å². The highest BCUT2D eigenvalue weighted by molar-refractivity contribution is 6.33. The number of furan rings is 1. The van der Waals surface area contributed by atoms with Crippen LogP contribution in [0.25, 0.3) is 11.3 Å². The lowest BCUT2D eigenvalue weighted by atomic mass is 10.2. The van der Waals surface area contributed by atoms with Gasteiger partial charge in [0.25, 0.3) is 5.91 Å². The van der Waals surface area contributed by atoms with Crippen LogP contribution in [0.5, 0.6) is 0 Å². The zero-order valence-electron chi connectivity index (χ0n) is 12.8. The lowest BCUT2D eigenvalue weighted by molar-refractivity contribution is 0.0399. The number of hydrogen-bond donors (Lipinski definition) is 1. The number of rotatable bonds is 5. The van der Waals surface area contributed by atoms with Gasteiger partial charge in [0, 0.05) is 12.2 Å². The Hall–Kier alpha value is -1.82. The molecule has 1 aromatic heterocycles. The van der Waals surface area contributed by atoms with Crippen molar-refractivity contribution in [3.05, 3.63) is 47.2 Å². The van der Waals surface area contributed by atoms with Gasteiger partial charge in [0.15, 0.2) is 5.76 Å². The van der Waals surface area contributed by atoms with Crippen molar-refractivity contribution in [1.29, 1.82) is 0 Å². The second-order valence-corrected chi connectivity index (χ2v) is 5.66. The highest BCUT2D eigenvalue weighted by atomic mass is 35.5. The van der Waals surface area contributed by atoms with Crippen molar-refractivity contribution >= 4 is 17.5 Å². The minimum Gasteiger partial charge on any atom is -0.451 e. The first-order valence-electron chi connectivity index (χ1n) is 7.54. The summed E-state index contributed by atoms with van der Waals surface area (Å²) in [6.07, 6.45) is -0.123. The molecule has 1 aromatic carbocycles. The van der Waals surface area contributed by atoms with E-state index in [1.54, 1.807) is 18.2 Å². The van der Waals surface area contributed by atoms with Gasteiger partial charge in [-0.3, -0.25) is 4.79 Å². The van der Waals surface area contributed by atoms with Crippen LogP contribution < -0.4 is 5.32 Å². The van der Waals surface area contributed by atoms with Gasteiger partial charge in [-0.2, -0.15) is 0 Å². The Labute approximate surface area is 139 Å². The molecule has 2 aromatic rings. The Balaban J connectivity index is 1.70. The standard InChI is InChI=1S/C17H18ClNO4/c1-2-22-16-10-21-9-13(16)19-17(20)15-8-7-14(23-15)11-5-3-4-6-12(11)18/h3-8,13,16H,2,9-10H2,1H3,(H,19,20)/t13-,16-/m0/s1. The molecule has 3 rings (SSSR count). The predicted octanol–water partition coefficient (Wildman–Crippen LogP) is 3.13. The summed E-state index contributed by atoms with van der Waals surface area (Å²) in [5, 5.41) is 3.47. The minimum absolute atomic E-state index is 0.123. The molecule has 6 heteroatoms. The first-order valence-corrected chi connectivity index (χ1v) is 7.91. The molecule has 0 unspecified atom stereocenters. The molecule has 2 atom stereocenters. The van der Waals surface area contributed by atoms with E-state index < -0.39 is 0 Å². The maximum Gasteiger partial charge on any atom is 0.287 e. The molecule has 0 spiro atoms. The van der Waals surface area contributed by atoms with Crippen molar-refractivity contribution in [2.45, 2.75) is 19.1 Å². The first kappa shape index (κ1) is 16.1. The van der Waals surface area contributed by atoms with Crippen LogP contribution in [0.15, 0.2) is 40.8 Å². The van der Waals surface area contributed by atoms with Gasteiger partial charge in [0.1, 0.15) is 11.9 Å². The third kappa shape index (κ3) is 3.58. The summed E-state index contributed by atoms with van der Waals surface area (Å²) in [5.41, 5.74) is 0.754. The van der Waals surface area contributed by atoms with Gasteiger partial charge in [-0.15, -0.1) is 0 Å². The number of carbonyl (C=O) groups is 1. The smallest absolute Gasteiger partial charge is 0.287 e. The van der Waals surface area contributed by atoms with E-state index in [2.05, 4.69) is 5.32 Å². The normalized spacial score (nSPS) is 20.6. The van der Waals surface area contributed by atoms with Crippen molar-refractivity contribution in [2.75, 3.05) is 19.8 Å². The van der Waals surface area contributed by atoms with Crippen molar-refractivity contribution in [1.82, 2.24) is 5.32 Å². The largest absolute Gasteiger partial charge is 0.451 e. The molecule has 0 bridgehead atoms. The summed E-state index contributed by atoms with van der Waals surface area (Å²) in [7, 11) is 0. The Kier molecular flexibility index (Phi) is 5.00. The van der Waals surface area contributed by atoms with Crippen LogP contribution in [0, 0.1) is 0 Å². The summed E-state index contributed by atoms with van der Waals surface area (Å²) < 4.78 is 16.6. The molecule has 2 heterocycles. The average Bonchev–Trinajstić information content (AvgIpc) is 3.18. The third-order valence-electron chi connectivity index (χ3n) is 3.69. The number of nitrogens with one attached hydrogen (secondary N) is 1. The zero-order chi connectivity index (χ0) is 16.2. The van der Waals surface area contributed by atoms with E-state index in [-0.39, 0.29) is 23.8 Å². The second kappa shape index (κ2) is 7.17. The van der Waals surface area contributed by atoms with Crippen LogP contribution in [0.1, 0.15) is 17.5 Å². The van der Waals surface area contributed by atoms with Crippen LogP contribution in [-0.4, -0.2) is 37.9 Å². The number of carbonyl (C=O) groups excluding carboxylic acids is 1. The van der Waals surface area contributed by atoms with Crippen LogP contribution in [0.2, 0.25) is 5.02 Å². The third-order valence-corrected chi connectivity index (χ3v) is 4.02. The van der Waals surface area contributed by atoms with Gasteiger partial charge in [-0.05, 0) is 31.2 Å². The fraction of sp³-hybridized carbons (Fsp3) is 0.353. The van der Waals surface area contributed by atoms with Gasteiger partial charge < -0.3 is 19.2 Å². The summed E-state index contributed by atoms with van der Waals surface area (Å²) in [6, 6.07) is 10.5. The number of hydrogen-bond acceptors (Lipinski definition) is 4. The molecule has 1 amide bonds. The first-order chi connectivity index (χ1) is 11.2. The van der Waals surface area contributed by atoms with E-state index in [0.717, 1.165) is 5.56 Å². The van der Waals surface area contributed by atoms with Gasteiger partial charge in [0.05, 0.1) is 24.3 Å². The Morgan fingerprint density at radius 1 is 1.30 bits per heavy atom. The van der Waals surface area contributed by atoms with Crippen LogP contribution in [0.3, 0.4) is 0 Å². The quantitative estimate of drug-likeness (QED) is 0.912. The topological polar surface area (TPSA) is 60.7 Å². The number of ether oxygens (including phenoxy) is 2. The molecule has 1 aliphatic rings. The summed E-state index contributed by atoms with van der Waals surface area (Å²) in [4.78, 5) is 12.3.